The predicted octanol–water partition coefficient (Wildman–Crippen LogP) is 4.03. The Bertz CT molecular complexity index is 998. The summed E-state index contributed by atoms with van der Waals surface area (Å²) in [6, 6.07) is 18.1. The van der Waals surface area contributed by atoms with Crippen LogP contribution in [-0.2, 0) is 4.74 Å². The maximum atomic E-state index is 11.6. The summed E-state index contributed by atoms with van der Waals surface area (Å²) in [6.45, 7) is 0. The summed E-state index contributed by atoms with van der Waals surface area (Å²) >= 11 is 0. The van der Waals surface area contributed by atoms with Crippen molar-refractivity contribution in [1.82, 2.24) is 4.40 Å². The maximum absolute atomic E-state index is 11.6. The normalized spacial score (nSPS) is 11.3. The van der Waals surface area contributed by atoms with Gasteiger partial charge >= 0.3 is 5.97 Å². The molecule has 0 bridgehead atoms. The molecule has 3 nitrogen and oxygen atoms in total. The zero-order chi connectivity index (χ0) is 14.4. The number of fused-ring (bicyclic) bond motifs is 5. The number of aromatic nitrogens is 1. The van der Waals surface area contributed by atoms with E-state index < -0.39 is 0 Å². The standard InChI is InChI=1S/C18H13NO2/c1-21-18(20)13-7-8-16-12(10-13)6-9-17-15-5-3-2-4-14(15)11-19(16)17/h2-11H,1H3. The highest BCUT2D eigenvalue weighted by Gasteiger charge is 2.09. The van der Waals surface area contributed by atoms with Gasteiger partial charge in [-0.05, 0) is 29.7 Å². The number of carbonyl (C=O) groups is 1. The van der Waals surface area contributed by atoms with Crippen molar-refractivity contribution in [1.29, 1.82) is 0 Å². The van der Waals surface area contributed by atoms with Crippen molar-refractivity contribution in [3.05, 3.63) is 66.4 Å². The zero-order valence-corrected chi connectivity index (χ0v) is 11.5. The van der Waals surface area contributed by atoms with E-state index in [2.05, 4.69) is 28.8 Å². The first-order chi connectivity index (χ1) is 10.3. The highest BCUT2D eigenvalue weighted by Crippen LogP contribution is 2.26. The molecule has 0 N–H and O–H groups in total. The van der Waals surface area contributed by atoms with Crippen molar-refractivity contribution >= 4 is 33.2 Å². The smallest absolute Gasteiger partial charge is 0.337 e. The third-order valence-corrected chi connectivity index (χ3v) is 3.89. The molecule has 0 saturated carbocycles. The van der Waals surface area contributed by atoms with E-state index in [4.69, 9.17) is 4.74 Å². The van der Waals surface area contributed by atoms with E-state index in [0.29, 0.717) is 5.56 Å². The lowest BCUT2D eigenvalue weighted by Gasteiger charge is -2.05. The van der Waals surface area contributed by atoms with Crippen LogP contribution in [0.15, 0.2) is 60.8 Å². The molecule has 0 aliphatic rings. The van der Waals surface area contributed by atoms with E-state index in [1.54, 1.807) is 6.07 Å². The molecule has 0 saturated heterocycles. The van der Waals surface area contributed by atoms with Gasteiger partial charge in [0.2, 0.25) is 0 Å². The summed E-state index contributed by atoms with van der Waals surface area (Å²) in [6.07, 6.45) is 2.13. The monoisotopic (exact) mass is 275 g/mol. The number of esters is 1. The van der Waals surface area contributed by atoms with Gasteiger partial charge in [0.15, 0.2) is 0 Å². The maximum Gasteiger partial charge on any atom is 0.337 e. The van der Waals surface area contributed by atoms with Gasteiger partial charge in [0, 0.05) is 17.0 Å². The fraction of sp³-hybridized carbons (Fsp3) is 0.0556. The van der Waals surface area contributed by atoms with Gasteiger partial charge in [-0.25, -0.2) is 4.79 Å². The number of ether oxygens (including phenoxy) is 1. The van der Waals surface area contributed by atoms with Crippen LogP contribution in [-0.4, -0.2) is 17.5 Å². The van der Waals surface area contributed by atoms with Gasteiger partial charge in [0.05, 0.1) is 23.7 Å². The summed E-state index contributed by atoms with van der Waals surface area (Å²) in [5.74, 6) is -0.310. The zero-order valence-electron chi connectivity index (χ0n) is 11.5. The largest absolute Gasteiger partial charge is 0.465 e. The molecule has 3 heteroatoms. The highest BCUT2D eigenvalue weighted by molar-refractivity contribution is 6.02. The van der Waals surface area contributed by atoms with Crippen molar-refractivity contribution in [2.24, 2.45) is 0 Å². The van der Waals surface area contributed by atoms with E-state index in [9.17, 15) is 4.79 Å². The Hall–Kier alpha value is -2.81. The van der Waals surface area contributed by atoms with Crippen LogP contribution in [0.1, 0.15) is 10.4 Å². The molecule has 2 heterocycles. The van der Waals surface area contributed by atoms with Crippen LogP contribution in [0.5, 0.6) is 0 Å². The number of hydrogen-bond donors (Lipinski definition) is 0. The fourth-order valence-corrected chi connectivity index (χ4v) is 2.87. The van der Waals surface area contributed by atoms with E-state index >= 15 is 0 Å². The first-order valence-electron chi connectivity index (χ1n) is 6.79. The van der Waals surface area contributed by atoms with Gasteiger partial charge in [0.25, 0.3) is 0 Å². The first-order valence-corrected chi connectivity index (χ1v) is 6.79. The number of pyridine rings is 1. The van der Waals surface area contributed by atoms with Crippen LogP contribution in [0.3, 0.4) is 0 Å². The lowest BCUT2D eigenvalue weighted by Crippen LogP contribution is -2.01. The number of benzene rings is 2. The Morgan fingerprint density at radius 2 is 1.76 bits per heavy atom. The number of nitrogens with zero attached hydrogens (tertiary/aromatic N) is 1. The second kappa shape index (κ2) is 4.35. The van der Waals surface area contributed by atoms with Crippen LogP contribution < -0.4 is 0 Å². The minimum Gasteiger partial charge on any atom is -0.465 e. The molecule has 0 fully saturated rings. The quantitative estimate of drug-likeness (QED) is 0.491. The molecule has 0 unspecified atom stereocenters. The van der Waals surface area contributed by atoms with Crippen LogP contribution in [0.25, 0.3) is 27.2 Å². The average Bonchev–Trinajstić information content (AvgIpc) is 2.92. The Kier molecular flexibility index (Phi) is 2.48. The molecule has 0 radical (unpaired) electrons. The summed E-state index contributed by atoms with van der Waals surface area (Å²) in [7, 11) is 1.40. The SMILES string of the molecule is COC(=O)c1ccc2c(ccc3c4ccccc4cn23)c1. The lowest BCUT2D eigenvalue weighted by molar-refractivity contribution is 0.0601. The summed E-state index contributed by atoms with van der Waals surface area (Å²) in [4.78, 5) is 11.6. The average molecular weight is 275 g/mol. The van der Waals surface area contributed by atoms with Crippen molar-refractivity contribution in [2.45, 2.75) is 0 Å². The predicted molar refractivity (Wildman–Crippen MR) is 83.7 cm³/mol. The van der Waals surface area contributed by atoms with Crippen LogP contribution in [0.2, 0.25) is 0 Å². The van der Waals surface area contributed by atoms with Gasteiger partial charge in [-0.2, -0.15) is 0 Å². The molecule has 4 aromatic rings. The van der Waals surface area contributed by atoms with Crippen LogP contribution >= 0.6 is 0 Å². The first kappa shape index (κ1) is 12.0. The molecule has 2 aromatic carbocycles. The Morgan fingerprint density at radius 3 is 2.62 bits per heavy atom. The Balaban J connectivity index is 2.07. The summed E-state index contributed by atoms with van der Waals surface area (Å²) < 4.78 is 6.94. The second-order valence-electron chi connectivity index (χ2n) is 5.07. The topological polar surface area (TPSA) is 30.7 Å². The van der Waals surface area contributed by atoms with E-state index in [1.807, 2.05) is 30.3 Å². The van der Waals surface area contributed by atoms with E-state index in [-0.39, 0.29) is 5.97 Å². The molecular formula is C18H13NO2. The van der Waals surface area contributed by atoms with Crippen LogP contribution in [0.4, 0.5) is 0 Å². The third-order valence-electron chi connectivity index (χ3n) is 3.89. The lowest BCUT2D eigenvalue weighted by atomic mass is 10.1. The van der Waals surface area contributed by atoms with Crippen molar-refractivity contribution in [2.75, 3.05) is 7.11 Å². The second-order valence-corrected chi connectivity index (χ2v) is 5.07. The van der Waals surface area contributed by atoms with Gasteiger partial charge in [0.1, 0.15) is 0 Å². The number of carbonyl (C=O) groups excluding carboxylic acids is 1. The molecule has 21 heavy (non-hydrogen) atoms. The van der Waals surface area contributed by atoms with E-state index in [1.165, 1.54) is 23.4 Å². The molecule has 102 valence electrons. The Morgan fingerprint density at radius 1 is 0.952 bits per heavy atom. The van der Waals surface area contributed by atoms with Gasteiger partial charge in [-0.1, -0.05) is 30.3 Å². The number of rotatable bonds is 1. The molecule has 4 rings (SSSR count). The molecule has 0 aliphatic carbocycles. The molecule has 0 spiro atoms. The van der Waals surface area contributed by atoms with Gasteiger partial charge in [-0.15, -0.1) is 0 Å². The molecular weight excluding hydrogens is 262 g/mol. The minimum absolute atomic E-state index is 0.310. The molecule has 0 atom stereocenters. The van der Waals surface area contributed by atoms with Gasteiger partial charge in [-0.3, -0.25) is 0 Å². The van der Waals surface area contributed by atoms with E-state index in [0.717, 1.165) is 10.9 Å². The third kappa shape index (κ3) is 1.71. The summed E-state index contributed by atoms with van der Waals surface area (Å²) in [5, 5.41) is 3.46. The number of methoxy groups -OCH3 is 1. The molecule has 2 aromatic heterocycles. The molecule has 0 aliphatic heterocycles. The number of hydrogen-bond acceptors (Lipinski definition) is 2. The Labute approximate surface area is 121 Å². The van der Waals surface area contributed by atoms with Gasteiger partial charge < -0.3 is 9.14 Å². The molecule has 0 amide bonds. The summed E-state index contributed by atoms with van der Waals surface area (Å²) in [5.41, 5.74) is 2.82. The van der Waals surface area contributed by atoms with Crippen molar-refractivity contribution < 1.29 is 9.53 Å². The van der Waals surface area contributed by atoms with Crippen molar-refractivity contribution in [3.8, 4) is 0 Å². The van der Waals surface area contributed by atoms with Crippen molar-refractivity contribution in [3.63, 3.8) is 0 Å². The highest BCUT2D eigenvalue weighted by atomic mass is 16.5. The minimum atomic E-state index is -0.310. The fourth-order valence-electron chi connectivity index (χ4n) is 2.87. The van der Waals surface area contributed by atoms with Crippen LogP contribution in [0, 0.1) is 0 Å².